The van der Waals surface area contributed by atoms with E-state index in [0.717, 1.165) is 13.2 Å². The van der Waals surface area contributed by atoms with Crippen molar-refractivity contribution in [2.75, 3.05) is 7.11 Å². The number of ketones is 1. The lowest BCUT2D eigenvalue weighted by atomic mass is 10.1. The number of nitriles is 1. The Balaban J connectivity index is 3.10. The van der Waals surface area contributed by atoms with Gasteiger partial charge in [0.1, 0.15) is 17.6 Å². The maximum atomic E-state index is 11.3. The summed E-state index contributed by atoms with van der Waals surface area (Å²) in [7, 11) is 1.07. The van der Waals surface area contributed by atoms with Gasteiger partial charge in [-0.2, -0.15) is 5.26 Å². The molecule has 1 N–H and O–H groups in total. The van der Waals surface area contributed by atoms with Crippen molar-refractivity contribution in [3.63, 3.8) is 0 Å². The van der Waals surface area contributed by atoms with Crippen LogP contribution in [0.1, 0.15) is 25.0 Å². The fraction of sp³-hybridized carbons (Fsp3) is 0.267. The van der Waals surface area contributed by atoms with E-state index in [1.54, 1.807) is 0 Å². The third kappa shape index (κ3) is 4.35. The van der Waals surface area contributed by atoms with Gasteiger partial charge in [-0.1, -0.05) is 0 Å². The van der Waals surface area contributed by atoms with E-state index < -0.39 is 17.5 Å². The molecule has 0 amide bonds. The summed E-state index contributed by atoms with van der Waals surface area (Å²) in [6.45, 7) is 3.64. The van der Waals surface area contributed by atoms with Crippen molar-refractivity contribution in [3.05, 3.63) is 35.4 Å². The number of hydrogen-bond acceptors (Lipinski definition) is 6. The predicted octanol–water partition coefficient (Wildman–Crippen LogP) is 1.99. The van der Waals surface area contributed by atoms with Crippen molar-refractivity contribution in [1.29, 1.82) is 5.26 Å². The average Bonchev–Trinajstić information content (AvgIpc) is 2.45. The first-order chi connectivity index (χ1) is 9.88. The first-order valence-electron chi connectivity index (χ1n) is 6.13. The number of hydrogen-bond donors (Lipinski definition) is 1. The maximum absolute atomic E-state index is 11.3. The fourth-order valence-corrected chi connectivity index (χ4v) is 1.50. The van der Waals surface area contributed by atoms with Crippen LogP contribution in [0.3, 0.4) is 0 Å². The first-order valence-corrected chi connectivity index (χ1v) is 6.13. The molecule has 1 aromatic carbocycles. The number of esters is 1. The van der Waals surface area contributed by atoms with Crippen LogP contribution in [0.25, 0.3) is 5.76 Å². The Bertz CT molecular complexity index is 625. The normalized spacial score (nSPS) is 10.9. The third-order valence-corrected chi connectivity index (χ3v) is 2.41. The molecule has 0 saturated carbocycles. The minimum atomic E-state index is -1.08. The molecule has 0 aliphatic carbocycles. The van der Waals surface area contributed by atoms with Gasteiger partial charge in [0.2, 0.25) is 0 Å². The Hall–Kier alpha value is -2.81. The lowest BCUT2D eigenvalue weighted by Gasteiger charge is -2.11. The molecule has 0 aliphatic rings. The summed E-state index contributed by atoms with van der Waals surface area (Å²) < 4.78 is 9.68. The number of carbonyl (C=O) groups is 2. The minimum absolute atomic E-state index is 0.104. The van der Waals surface area contributed by atoms with Gasteiger partial charge in [0.25, 0.3) is 5.78 Å². The molecule has 0 unspecified atom stereocenters. The molecule has 0 fully saturated rings. The van der Waals surface area contributed by atoms with E-state index in [2.05, 4.69) is 4.74 Å². The van der Waals surface area contributed by atoms with E-state index in [-0.39, 0.29) is 17.2 Å². The molecule has 0 saturated heterocycles. The van der Waals surface area contributed by atoms with Crippen molar-refractivity contribution in [2.24, 2.45) is 0 Å². The molecule has 0 aliphatic heterocycles. The number of carbonyl (C=O) groups excluding carboxylic acids is 2. The van der Waals surface area contributed by atoms with Gasteiger partial charge in [0, 0.05) is 11.6 Å². The Kier molecular flexibility index (Phi) is 5.49. The summed E-state index contributed by atoms with van der Waals surface area (Å²) in [6, 6.07) is 6.31. The third-order valence-electron chi connectivity index (χ3n) is 2.41. The maximum Gasteiger partial charge on any atom is 0.378 e. The lowest BCUT2D eigenvalue weighted by Crippen LogP contribution is -2.13. The quantitative estimate of drug-likeness (QED) is 0.385. The molecule has 0 spiro atoms. The number of ether oxygens (including phenoxy) is 2. The van der Waals surface area contributed by atoms with Gasteiger partial charge in [-0.3, -0.25) is 4.79 Å². The molecule has 0 aromatic heterocycles. The van der Waals surface area contributed by atoms with Gasteiger partial charge < -0.3 is 14.6 Å². The summed E-state index contributed by atoms with van der Waals surface area (Å²) in [5, 5.41) is 18.9. The van der Waals surface area contributed by atoms with Gasteiger partial charge in [0.15, 0.2) is 0 Å². The fourth-order valence-electron chi connectivity index (χ4n) is 1.50. The summed E-state index contributed by atoms with van der Waals surface area (Å²) in [5.41, 5.74) is 0.437. The average molecular weight is 289 g/mol. The van der Waals surface area contributed by atoms with E-state index in [9.17, 15) is 14.7 Å². The number of aliphatic hydroxyl groups is 1. The van der Waals surface area contributed by atoms with Gasteiger partial charge in [-0.25, -0.2) is 4.79 Å². The van der Waals surface area contributed by atoms with E-state index in [4.69, 9.17) is 10.00 Å². The van der Waals surface area contributed by atoms with Gasteiger partial charge in [-0.05, 0) is 32.0 Å². The predicted molar refractivity (Wildman–Crippen MR) is 74.5 cm³/mol. The van der Waals surface area contributed by atoms with Crippen LogP contribution >= 0.6 is 0 Å². The molecule has 6 nitrogen and oxygen atoms in total. The molecular formula is C15H15NO5. The van der Waals surface area contributed by atoms with Crippen molar-refractivity contribution in [2.45, 2.75) is 20.0 Å². The smallest absolute Gasteiger partial charge is 0.378 e. The van der Waals surface area contributed by atoms with Crippen LogP contribution in [0.2, 0.25) is 0 Å². The van der Waals surface area contributed by atoms with Crippen LogP contribution in [-0.4, -0.2) is 30.1 Å². The number of benzene rings is 1. The monoisotopic (exact) mass is 289 g/mol. The summed E-state index contributed by atoms with van der Waals surface area (Å²) >= 11 is 0. The minimum Gasteiger partial charge on any atom is -0.507 e. The Morgan fingerprint density at radius 3 is 2.57 bits per heavy atom. The van der Waals surface area contributed by atoms with Crippen LogP contribution in [0.15, 0.2) is 24.3 Å². The number of nitrogens with zero attached hydrogens (tertiary/aromatic N) is 1. The molecule has 6 heteroatoms. The first kappa shape index (κ1) is 16.2. The zero-order valence-electron chi connectivity index (χ0n) is 11.9. The highest BCUT2D eigenvalue weighted by molar-refractivity contribution is 6.39. The van der Waals surface area contributed by atoms with Crippen LogP contribution in [0.4, 0.5) is 0 Å². The summed E-state index contributed by atoms with van der Waals surface area (Å²) in [6.07, 6.45) is 0.638. The van der Waals surface area contributed by atoms with E-state index in [1.807, 2.05) is 19.9 Å². The van der Waals surface area contributed by atoms with Gasteiger partial charge >= 0.3 is 5.97 Å². The molecule has 0 atom stereocenters. The second-order valence-corrected chi connectivity index (χ2v) is 4.37. The molecule has 110 valence electrons. The highest BCUT2D eigenvalue weighted by Gasteiger charge is 2.14. The molecule has 1 aromatic rings. The highest BCUT2D eigenvalue weighted by atomic mass is 16.5. The van der Waals surface area contributed by atoms with Gasteiger partial charge in [0.05, 0.1) is 18.8 Å². The van der Waals surface area contributed by atoms with Crippen LogP contribution < -0.4 is 4.74 Å². The molecule has 21 heavy (non-hydrogen) atoms. The van der Waals surface area contributed by atoms with Crippen molar-refractivity contribution >= 4 is 17.5 Å². The summed E-state index contributed by atoms with van der Waals surface area (Å²) in [4.78, 5) is 22.3. The van der Waals surface area contributed by atoms with Crippen molar-refractivity contribution in [3.8, 4) is 11.8 Å². The second kappa shape index (κ2) is 7.10. The van der Waals surface area contributed by atoms with E-state index >= 15 is 0 Å². The van der Waals surface area contributed by atoms with E-state index in [0.29, 0.717) is 5.75 Å². The number of methoxy groups -OCH3 is 1. The molecular weight excluding hydrogens is 274 g/mol. The van der Waals surface area contributed by atoms with Crippen molar-refractivity contribution in [1.82, 2.24) is 0 Å². The molecule has 0 bridgehead atoms. The molecule has 1 rings (SSSR count). The standard InChI is InChI=1S/C15H15NO5/c1-9(2)21-14-5-4-10(6-11(14)8-16)12(17)7-13(18)15(19)20-3/h4-7,9,17H,1-3H3. The SMILES string of the molecule is COC(=O)C(=O)C=C(O)c1ccc(OC(C)C)c(C#N)c1. The highest BCUT2D eigenvalue weighted by Crippen LogP contribution is 2.23. The van der Waals surface area contributed by atoms with E-state index in [1.165, 1.54) is 18.2 Å². The lowest BCUT2D eigenvalue weighted by molar-refractivity contribution is -0.149. The zero-order chi connectivity index (χ0) is 16.0. The Morgan fingerprint density at radius 1 is 1.38 bits per heavy atom. The number of rotatable bonds is 5. The second-order valence-electron chi connectivity index (χ2n) is 4.37. The summed E-state index contributed by atoms with van der Waals surface area (Å²) in [5.74, 6) is -2.13. The molecule has 0 heterocycles. The Morgan fingerprint density at radius 2 is 2.05 bits per heavy atom. The molecule has 0 radical (unpaired) electrons. The topological polar surface area (TPSA) is 96.6 Å². The largest absolute Gasteiger partial charge is 0.507 e. The van der Waals surface area contributed by atoms with Crippen LogP contribution in [0, 0.1) is 11.3 Å². The zero-order valence-corrected chi connectivity index (χ0v) is 11.9. The van der Waals surface area contributed by atoms with Crippen molar-refractivity contribution < 1.29 is 24.2 Å². The van der Waals surface area contributed by atoms with Gasteiger partial charge in [-0.15, -0.1) is 0 Å². The van der Waals surface area contributed by atoms with Crippen LogP contribution in [0.5, 0.6) is 5.75 Å². The number of aliphatic hydroxyl groups excluding tert-OH is 1. The Labute approximate surface area is 122 Å². The van der Waals surface area contributed by atoms with Crippen LogP contribution in [-0.2, 0) is 14.3 Å².